The van der Waals surface area contributed by atoms with E-state index in [-0.39, 0.29) is 18.4 Å². The Labute approximate surface area is 133 Å². The molecular weight excluding hydrogens is 315 g/mol. The molecule has 0 saturated heterocycles. The number of benzene rings is 1. The van der Waals surface area contributed by atoms with Crippen molar-refractivity contribution in [1.29, 1.82) is 0 Å². The summed E-state index contributed by atoms with van der Waals surface area (Å²) in [4.78, 5) is 22.8. The molecule has 1 aromatic carbocycles. The van der Waals surface area contributed by atoms with Gasteiger partial charge in [0.05, 0.1) is 28.9 Å². The van der Waals surface area contributed by atoms with Gasteiger partial charge >= 0.3 is 5.97 Å². The van der Waals surface area contributed by atoms with Gasteiger partial charge in [-0.25, -0.2) is 0 Å². The lowest BCUT2D eigenvalue weighted by Gasteiger charge is -2.09. The average molecular weight is 333 g/mol. The molecule has 21 heavy (non-hydrogen) atoms. The van der Waals surface area contributed by atoms with Crippen molar-refractivity contribution < 1.29 is 14.3 Å². The zero-order chi connectivity index (χ0) is 15.7. The molecule has 0 saturated carbocycles. The fourth-order valence-corrected chi connectivity index (χ4v) is 1.94. The highest BCUT2D eigenvalue weighted by atomic mass is 35.5. The van der Waals surface area contributed by atoms with Crippen LogP contribution in [0.25, 0.3) is 0 Å². The normalized spacial score (nSPS) is 10.2. The molecule has 7 heteroatoms. The third-order valence-electron chi connectivity index (χ3n) is 2.55. The van der Waals surface area contributed by atoms with Gasteiger partial charge in [-0.15, -0.1) is 0 Å². The third-order valence-corrected chi connectivity index (χ3v) is 3.37. The lowest BCUT2D eigenvalue weighted by atomic mass is 10.3. The first-order valence-electron chi connectivity index (χ1n) is 6.64. The van der Waals surface area contributed by atoms with E-state index in [1.54, 1.807) is 25.1 Å². The highest BCUT2D eigenvalue weighted by Gasteiger charge is 2.08. The Bertz CT molecular complexity index is 495. The monoisotopic (exact) mass is 332 g/mol. The van der Waals surface area contributed by atoms with Crippen LogP contribution in [0.3, 0.4) is 0 Å². The van der Waals surface area contributed by atoms with Gasteiger partial charge in [-0.1, -0.05) is 29.3 Å². The molecule has 0 heterocycles. The maximum atomic E-state index is 11.7. The molecule has 0 aliphatic heterocycles. The molecule has 0 radical (unpaired) electrons. The molecular formula is C14H18Cl2N2O3. The number of rotatable bonds is 8. The van der Waals surface area contributed by atoms with Gasteiger partial charge in [0.15, 0.2) is 0 Å². The Morgan fingerprint density at radius 1 is 1.29 bits per heavy atom. The molecule has 0 fully saturated rings. The van der Waals surface area contributed by atoms with E-state index in [0.29, 0.717) is 41.7 Å². The summed E-state index contributed by atoms with van der Waals surface area (Å²) in [7, 11) is 0. The number of anilines is 1. The second-order valence-electron chi connectivity index (χ2n) is 4.23. The topological polar surface area (TPSA) is 67.4 Å². The molecule has 0 spiro atoms. The summed E-state index contributed by atoms with van der Waals surface area (Å²) in [6, 6.07) is 5.02. The summed E-state index contributed by atoms with van der Waals surface area (Å²) in [5.41, 5.74) is 0.475. The van der Waals surface area contributed by atoms with Crippen molar-refractivity contribution in [3.05, 3.63) is 28.2 Å². The number of carbonyl (C=O) groups excluding carboxylic acids is 2. The summed E-state index contributed by atoms with van der Waals surface area (Å²) >= 11 is 11.8. The molecule has 0 aliphatic carbocycles. The van der Waals surface area contributed by atoms with Crippen molar-refractivity contribution in [3.8, 4) is 0 Å². The second kappa shape index (κ2) is 9.60. The molecule has 116 valence electrons. The fourth-order valence-electron chi connectivity index (χ4n) is 1.59. The van der Waals surface area contributed by atoms with Gasteiger partial charge in [0, 0.05) is 6.42 Å². The summed E-state index contributed by atoms with van der Waals surface area (Å²) < 4.78 is 4.80. The van der Waals surface area contributed by atoms with Crippen LogP contribution in [0.2, 0.25) is 10.0 Å². The van der Waals surface area contributed by atoms with Crippen molar-refractivity contribution in [1.82, 2.24) is 5.32 Å². The first-order chi connectivity index (χ1) is 10.0. The van der Waals surface area contributed by atoms with Gasteiger partial charge in [0.25, 0.3) is 0 Å². The standard InChI is InChI=1S/C14H18Cl2N2O3/c1-2-21-13(20)7-4-8-17-9-12(19)18-11-6-3-5-10(15)14(11)16/h3,5-6,17H,2,4,7-9H2,1H3,(H,18,19). The van der Waals surface area contributed by atoms with E-state index in [9.17, 15) is 9.59 Å². The van der Waals surface area contributed by atoms with Gasteiger partial charge in [-0.2, -0.15) is 0 Å². The lowest BCUT2D eigenvalue weighted by molar-refractivity contribution is -0.143. The number of ether oxygens (including phenoxy) is 1. The maximum absolute atomic E-state index is 11.7. The summed E-state index contributed by atoms with van der Waals surface area (Å²) in [5.74, 6) is -0.454. The van der Waals surface area contributed by atoms with Crippen LogP contribution in [-0.4, -0.2) is 31.6 Å². The van der Waals surface area contributed by atoms with Crippen LogP contribution >= 0.6 is 23.2 Å². The van der Waals surface area contributed by atoms with E-state index in [0.717, 1.165) is 0 Å². The van der Waals surface area contributed by atoms with Crippen LogP contribution < -0.4 is 10.6 Å². The number of halogens is 2. The van der Waals surface area contributed by atoms with E-state index < -0.39 is 0 Å². The van der Waals surface area contributed by atoms with Gasteiger partial charge < -0.3 is 15.4 Å². The van der Waals surface area contributed by atoms with Crippen LogP contribution in [-0.2, 0) is 14.3 Å². The molecule has 0 aliphatic rings. The fraction of sp³-hybridized carbons (Fsp3) is 0.429. The predicted octanol–water partition coefficient (Wildman–Crippen LogP) is 2.86. The molecule has 1 aromatic rings. The predicted molar refractivity (Wildman–Crippen MR) is 83.8 cm³/mol. The van der Waals surface area contributed by atoms with E-state index >= 15 is 0 Å². The van der Waals surface area contributed by atoms with Crippen LogP contribution in [0.15, 0.2) is 18.2 Å². The number of hydrogen-bond donors (Lipinski definition) is 2. The van der Waals surface area contributed by atoms with Crippen molar-refractivity contribution in [2.75, 3.05) is 25.0 Å². The number of hydrogen-bond acceptors (Lipinski definition) is 4. The first kappa shape index (κ1) is 17.8. The highest BCUT2D eigenvalue weighted by molar-refractivity contribution is 6.43. The van der Waals surface area contributed by atoms with Crippen molar-refractivity contribution in [2.45, 2.75) is 19.8 Å². The van der Waals surface area contributed by atoms with Crippen LogP contribution in [0.5, 0.6) is 0 Å². The van der Waals surface area contributed by atoms with Gasteiger partial charge in [0.2, 0.25) is 5.91 Å². The minimum atomic E-state index is -0.227. The molecule has 5 nitrogen and oxygen atoms in total. The number of carbonyl (C=O) groups is 2. The van der Waals surface area contributed by atoms with E-state index in [4.69, 9.17) is 27.9 Å². The Morgan fingerprint density at radius 3 is 2.76 bits per heavy atom. The summed E-state index contributed by atoms with van der Waals surface area (Å²) in [6.45, 7) is 2.83. The molecule has 1 amide bonds. The zero-order valence-corrected chi connectivity index (χ0v) is 13.3. The molecule has 0 unspecified atom stereocenters. The zero-order valence-electron chi connectivity index (χ0n) is 11.7. The van der Waals surface area contributed by atoms with Crippen molar-refractivity contribution >= 4 is 40.8 Å². The smallest absolute Gasteiger partial charge is 0.305 e. The SMILES string of the molecule is CCOC(=O)CCCNCC(=O)Nc1cccc(Cl)c1Cl. The largest absolute Gasteiger partial charge is 0.466 e. The van der Waals surface area contributed by atoms with Crippen LogP contribution in [0.4, 0.5) is 5.69 Å². The minimum Gasteiger partial charge on any atom is -0.466 e. The van der Waals surface area contributed by atoms with E-state index in [2.05, 4.69) is 10.6 Å². The Balaban J connectivity index is 2.23. The molecule has 2 N–H and O–H groups in total. The van der Waals surface area contributed by atoms with Crippen molar-refractivity contribution in [2.24, 2.45) is 0 Å². The number of nitrogens with one attached hydrogen (secondary N) is 2. The minimum absolute atomic E-state index is 0.131. The van der Waals surface area contributed by atoms with Crippen LogP contribution in [0.1, 0.15) is 19.8 Å². The summed E-state index contributed by atoms with van der Waals surface area (Å²) in [6.07, 6.45) is 0.951. The second-order valence-corrected chi connectivity index (χ2v) is 5.02. The Hall–Kier alpha value is -1.30. The summed E-state index contributed by atoms with van der Waals surface area (Å²) in [5, 5.41) is 6.30. The maximum Gasteiger partial charge on any atom is 0.305 e. The average Bonchev–Trinajstić information content (AvgIpc) is 2.44. The Kier molecular flexibility index (Phi) is 8.12. The van der Waals surface area contributed by atoms with E-state index in [1.165, 1.54) is 0 Å². The van der Waals surface area contributed by atoms with E-state index in [1.807, 2.05) is 0 Å². The number of esters is 1. The van der Waals surface area contributed by atoms with Gasteiger partial charge in [-0.05, 0) is 32.0 Å². The molecule has 0 atom stereocenters. The molecule has 0 bridgehead atoms. The van der Waals surface area contributed by atoms with Gasteiger partial charge in [-0.3, -0.25) is 9.59 Å². The Morgan fingerprint density at radius 2 is 2.05 bits per heavy atom. The highest BCUT2D eigenvalue weighted by Crippen LogP contribution is 2.29. The first-order valence-corrected chi connectivity index (χ1v) is 7.40. The quantitative estimate of drug-likeness (QED) is 0.567. The van der Waals surface area contributed by atoms with Crippen LogP contribution in [0, 0.1) is 0 Å². The molecule has 0 aromatic heterocycles. The van der Waals surface area contributed by atoms with Gasteiger partial charge in [0.1, 0.15) is 0 Å². The molecule has 1 rings (SSSR count). The van der Waals surface area contributed by atoms with Crippen molar-refractivity contribution in [3.63, 3.8) is 0 Å². The number of amides is 1. The third kappa shape index (κ3) is 6.80. The lowest BCUT2D eigenvalue weighted by Crippen LogP contribution is -2.29.